The largest absolute Gasteiger partial charge is 0.444 e. The Morgan fingerprint density at radius 1 is 1.33 bits per heavy atom. The Morgan fingerprint density at radius 3 is 2.79 bits per heavy atom. The fourth-order valence-electron chi connectivity index (χ4n) is 3.50. The number of fused-ring (bicyclic) bond motifs is 3. The molecule has 1 amide bonds. The minimum absolute atomic E-state index is 0.201. The Bertz CT molecular complexity index is 727. The Labute approximate surface area is 144 Å². The van der Waals surface area contributed by atoms with Crippen LogP contribution in [0, 0.1) is 0 Å². The smallest absolute Gasteiger partial charge is 0.410 e. The van der Waals surface area contributed by atoms with Crippen LogP contribution in [0.15, 0.2) is 24.3 Å². The first-order valence-electron chi connectivity index (χ1n) is 8.97. The van der Waals surface area contributed by atoms with Crippen LogP contribution in [-0.4, -0.2) is 27.6 Å². The van der Waals surface area contributed by atoms with Gasteiger partial charge in [-0.15, -0.1) is 0 Å². The molecular weight excluding hydrogens is 300 g/mol. The maximum Gasteiger partial charge on any atom is 0.410 e. The summed E-state index contributed by atoms with van der Waals surface area (Å²) < 4.78 is 5.65. The quantitative estimate of drug-likeness (QED) is 0.860. The van der Waals surface area contributed by atoms with Crippen molar-refractivity contribution in [1.82, 2.24) is 9.88 Å². The molecule has 1 aromatic carbocycles. The van der Waals surface area contributed by atoms with Crippen molar-refractivity contribution < 1.29 is 9.53 Å². The van der Waals surface area contributed by atoms with E-state index < -0.39 is 5.60 Å². The monoisotopic (exact) mass is 328 g/mol. The highest BCUT2D eigenvalue weighted by Crippen LogP contribution is 2.32. The molecule has 0 saturated carbocycles. The zero-order chi connectivity index (χ0) is 17.3. The van der Waals surface area contributed by atoms with Crippen LogP contribution < -0.4 is 0 Å². The van der Waals surface area contributed by atoms with Crippen LogP contribution in [0.1, 0.15) is 58.2 Å². The summed E-state index contributed by atoms with van der Waals surface area (Å²) in [6, 6.07) is 8.62. The number of para-hydroxylation sites is 1. The van der Waals surface area contributed by atoms with Gasteiger partial charge in [0.25, 0.3) is 0 Å². The molecule has 130 valence electrons. The van der Waals surface area contributed by atoms with E-state index in [1.165, 1.54) is 10.9 Å². The number of aromatic nitrogens is 1. The molecule has 0 fully saturated rings. The summed E-state index contributed by atoms with van der Waals surface area (Å²) >= 11 is 0. The number of benzene rings is 1. The van der Waals surface area contributed by atoms with Gasteiger partial charge in [-0.05, 0) is 45.2 Å². The van der Waals surface area contributed by atoms with E-state index in [0.717, 1.165) is 36.9 Å². The summed E-state index contributed by atoms with van der Waals surface area (Å²) in [5, 5.41) is 1.29. The van der Waals surface area contributed by atoms with Crippen molar-refractivity contribution in [3.63, 3.8) is 0 Å². The molecule has 24 heavy (non-hydrogen) atoms. The van der Waals surface area contributed by atoms with Gasteiger partial charge >= 0.3 is 6.09 Å². The Hall–Kier alpha value is -1.97. The number of H-pyrrole nitrogens is 1. The van der Waals surface area contributed by atoms with E-state index in [1.54, 1.807) is 0 Å². The number of hydrogen-bond donors (Lipinski definition) is 1. The topological polar surface area (TPSA) is 45.3 Å². The lowest BCUT2D eigenvalue weighted by Crippen LogP contribution is -2.46. The summed E-state index contributed by atoms with van der Waals surface area (Å²) in [5.41, 5.74) is 3.21. The SMILES string of the molecule is CCCCC1Cc2c([nH]c3ccccc23)CN1C(=O)OC(C)(C)C. The van der Waals surface area contributed by atoms with E-state index in [9.17, 15) is 4.79 Å². The van der Waals surface area contributed by atoms with Gasteiger partial charge in [-0.25, -0.2) is 4.79 Å². The van der Waals surface area contributed by atoms with Crippen LogP contribution in [0.25, 0.3) is 10.9 Å². The Morgan fingerprint density at radius 2 is 2.08 bits per heavy atom. The highest BCUT2D eigenvalue weighted by Gasteiger charge is 2.34. The molecule has 1 N–H and O–H groups in total. The van der Waals surface area contributed by atoms with Crippen molar-refractivity contribution in [3.05, 3.63) is 35.5 Å². The van der Waals surface area contributed by atoms with E-state index in [1.807, 2.05) is 31.7 Å². The van der Waals surface area contributed by atoms with Crippen LogP contribution >= 0.6 is 0 Å². The van der Waals surface area contributed by atoms with Crippen LogP contribution in [0.2, 0.25) is 0 Å². The van der Waals surface area contributed by atoms with Gasteiger partial charge in [-0.3, -0.25) is 4.90 Å². The minimum Gasteiger partial charge on any atom is -0.444 e. The fourth-order valence-corrected chi connectivity index (χ4v) is 3.50. The molecule has 4 heteroatoms. The molecule has 0 aliphatic carbocycles. The van der Waals surface area contributed by atoms with Crippen LogP contribution in [0.5, 0.6) is 0 Å². The molecule has 0 saturated heterocycles. The molecule has 2 heterocycles. The summed E-state index contributed by atoms with van der Waals surface area (Å²) in [7, 11) is 0. The third kappa shape index (κ3) is 3.42. The molecule has 1 unspecified atom stereocenters. The van der Waals surface area contributed by atoms with E-state index in [-0.39, 0.29) is 12.1 Å². The molecule has 1 aromatic heterocycles. The van der Waals surface area contributed by atoms with Crippen molar-refractivity contribution in [3.8, 4) is 0 Å². The zero-order valence-electron chi connectivity index (χ0n) is 15.2. The third-order valence-corrected chi connectivity index (χ3v) is 4.63. The van der Waals surface area contributed by atoms with Gasteiger partial charge in [0, 0.05) is 22.6 Å². The number of carbonyl (C=O) groups is 1. The van der Waals surface area contributed by atoms with Gasteiger partial charge in [-0.2, -0.15) is 0 Å². The van der Waals surface area contributed by atoms with Gasteiger partial charge in [0.05, 0.1) is 6.54 Å². The first kappa shape index (κ1) is 16.9. The number of hydrogen-bond acceptors (Lipinski definition) is 2. The molecule has 0 radical (unpaired) electrons. The second kappa shape index (κ2) is 6.50. The molecule has 4 nitrogen and oxygen atoms in total. The number of amides is 1. The highest BCUT2D eigenvalue weighted by atomic mass is 16.6. The minimum atomic E-state index is -0.465. The fraction of sp³-hybridized carbons (Fsp3) is 0.550. The number of ether oxygens (including phenoxy) is 1. The third-order valence-electron chi connectivity index (χ3n) is 4.63. The average molecular weight is 328 g/mol. The van der Waals surface area contributed by atoms with Gasteiger partial charge in [0.15, 0.2) is 0 Å². The predicted molar refractivity (Wildman–Crippen MR) is 97.1 cm³/mol. The van der Waals surface area contributed by atoms with Gasteiger partial charge in [0.2, 0.25) is 0 Å². The number of carbonyl (C=O) groups excluding carboxylic acids is 1. The summed E-state index contributed by atoms with van der Waals surface area (Å²) in [5.74, 6) is 0. The lowest BCUT2D eigenvalue weighted by molar-refractivity contribution is 0.0105. The van der Waals surface area contributed by atoms with Crippen LogP contribution in [-0.2, 0) is 17.7 Å². The second-order valence-corrected chi connectivity index (χ2v) is 7.74. The lowest BCUT2D eigenvalue weighted by Gasteiger charge is -2.37. The summed E-state index contributed by atoms with van der Waals surface area (Å²) in [6.45, 7) is 8.56. The molecular formula is C20H28N2O2. The molecule has 3 rings (SSSR count). The predicted octanol–water partition coefficient (Wildman–Crippen LogP) is 5.02. The summed E-state index contributed by atoms with van der Waals surface area (Å²) in [6.07, 6.45) is 3.99. The van der Waals surface area contributed by atoms with Gasteiger partial charge in [-0.1, -0.05) is 38.0 Å². The lowest BCUT2D eigenvalue weighted by atomic mass is 9.93. The van der Waals surface area contributed by atoms with Crippen molar-refractivity contribution in [2.75, 3.05) is 0 Å². The highest BCUT2D eigenvalue weighted by molar-refractivity contribution is 5.85. The second-order valence-electron chi connectivity index (χ2n) is 7.74. The number of unbranched alkanes of at least 4 members (excludes halogenated alkanes) is 1. The van der Waals surface area contributed by atoms with Crippen LogP contribution in [0.4, 0.5) is 4.79 Å². The zero-order valence-corrected chi connectivity index (χ0v) is 15.2. The van der Waals surface area contributed by atoms with E-state index in [4.69, 9.17) is 4.74 Å². The van der Waals surface area contributed by atoms with Crippen molar-refractivity contribution >= 4 is 17.0 Å². The average Bonchev–Trinajstić information content (AvgIpc) is 2.88. The maximum atomic E-state index is 12.7. The molecule has 2 aromatic rings. The Kier molecular flexibility index (Phi) is 4.57. The van der Waals surface area contributed by atoms with Crippen molar-refractivity contribution in [1.29, 1.82) is 0 Å². The Balaban J connectivity index is 1.91. The molecule has 1 atom stereocenters. The van der Waals surface area contributed by atoms with E-state index >= 15 is 0 Å². The van der Waals surface area contributed by atoms with Crippen LogP contribution in [0.3, 0.4) is 0 Å². The summed E-state index contributed by atoms with van der Waals surface area (Å²) in [4.78, 5) is 18.1. The van der Waals surface area contributed by atoms with Crippen molar-refractivity contribution in [2.45, 2.75) is 71.6 Å². The van der Waals surface area contributed by atoms with E-state index in [2.05, 4.69) is 30.1 Å². The number of nitrogens with zero attached hydrogens (tertiary/aromatic N) is 1. The number of nitrogens with one attached hydrogen (secondary N) is 1. The molecule has 1 aliphatic heterocycles. The van der Waals surface area contributed by atoms with Gasteiger partial charge in [0.1, 0.15) is 5.60 Å². The van der Waals surface area contributed by atoms with Crippen molar-refractivity contribution in [2.24, 2.45) is 0 Å². The molecule has 0 bridgehead atoms. The van der Waals surface area contributed by atoms with Gasteiger partial charge < -0.3 is 9.72 Å². The first-order chi connectivity index (χ1) is 11.4. The number of aromatic amines is 1. The standard InChI is InChI=1S/C20H28N2O2/c1-5-6-9-14-12-16-15-10-7-8-11-17(15)21-18(16)13-22(14)19(23)24-20(2,3)4/h7-8,10-11,14,21H,5-6,9,12-13H2,1-4H3. The number of rotatable bonds is 3. The molecule has 0 spiro atoms. The normalized spacial score (nSPS) is 17.8. The molecule has 1 aliphatic rings. The van der Waals surface area contributed by atoms with E-state index in [0.29, 0.717) is 6.54 Å². The first-order valence-corrected chi connectivity index (χ1v) is 8.97. The maximum absolute atomic E-state index is 12.7.